The summed E-state index contributed by atoms with van der Waals surface area (Å²) in [6.45, 7) is 10.1. The van der Waals surface area contributed by atoms with Gasteiger partial charge in [0.2, 0.25) is 0 Å². The minimum atomic E-state index is -1.15. The molecule has 0 N–H and O–H groups in total. The second-order valence-corrected chi connectivity index (χ2v) is 9.63. The molecule has 1 aliphatic rings. The lowest BCUT2D eigenvalue weighted by molar-refractivity contribution is 0.136. The molecule has 70 valence electrons. The first-order chi connectivity index (χ1) is 5.46. The minimum absolute atomic E-state index is 0.134. The SMILES string of the molecule is CCOC(=O)N1C[C@@H]1[Si](C)(C)C. The third kappa shape index (κ3) is 2.00. The molecule has 1 saturated heterocycles. The molecule has 1 amide bonds. The Bertz CT molecular complexity index is 188. The van der Waals surface area contributed by atoms with E-state index in [0.717, 1.165) is 6.54 Å². The van der Waals surface area contributed by atoms with Crippen molar-refractivity contribution in [2.45, 2.75) is 32.2 Å². The van der Waals surface area contributed by atoms with Crippen LogP contribution in [0.1, 0.15) is 6.92 Å². The van der Waals surface area contributed by atoms with Crippen molar-refractivity contribution in [2.24, 2.45) is 0 Å². The van der Waals surface area contributed by atoms with Crippen LogP contribution >= 0.6 is 0 Å². The fraction of sp³-hybridized carbons (Fsp3) is 0.875. The van der Waals surface area contributed by atoms with Gasteiger partial charge < -0.3 is 9.64 Å². The number of hydrogen-bond donors (Lipinski definition) is 0. The first kappa shape index (κ1) is 9.57. The Labute approximate surface area is 74.7 Å². The predicted molar refractivity (Wildman–Crippen MR) is 50.9 cm³/mol. The maximum absolute atomic E-state index is 11.2. The molecule has 0 unspecified atom stereocenters. The van der Waals surface area contributed by atoms with Crippen LogP contribution in [0.15, 0.2) is 0 Å². The summed E-state index contributed by atoms with van der Waals surface area (Å²) in [5.74, 6) is 0. The molecule has 0 aromatic heterocycles. The molecule has 0 spiro atoms. The fourth-order valence-electron chi connectivity index (χ4n) is 1.29. The van der Waals surface area contributed by atoms with Gasteiger partial charge in [-0.2, -0.15) is 0 Å². The van der Waals surface area contributed by atoms with Crippen LogP contribution < -0.4 is 0 Å². The predicted octanol–water partition coefficient (Wildman–Crippen LogP) is 1.70. The van der Waals surface area contributed by atoms with Gasteiger partial charge in [-0.1, -0.05) is 19.6 Å². The van der Waals surface area contributed by atoms with Crippen molar-refractivity contribution in [3.8, 4) is 0 Å². The summed E-state index contributed by atoms with van der Waals surface area (Å²) in [6, 6.07) is 0. The van der Waals surface area contributed by atoms with E-state index in [1.807, 2.05) is 11.8 Å². The lowest BCUT2D eigenvalue weighted by Crippen LogP contribution is -2.33. The molecule has 4 heteroatoms. The summed E-state index contributed by atoms with van der Waals surface area (Å²) < 4.78 is 4.90. The van der Waals surface area contributed by atoms with Crippen molar-refractivity contribution in [1.29, 1.82) is 0 Å². The molecular formula is C8H17NO2Si. The topological polar surface area (TPSA) is 29.3 Å². The molecule has 0 saturated carbocycles. The molecule has 0 radical (unpaired) electrons. The number of rotatable bonds is 2. The summed E-state index contributed by atoms with van der Waals surface area (Å²) in [5.41, 5.74) is 0.511. The Morgan fingerprint density at radius 2 is 2.17 bits per heavy atom. The van der Waals surface area contributed by atoms with Crippen molar-refractivity contribution in [3.63, 3.8) is 0 Å². The molecule has 3 nitrogen and oxygen atoms in total. The number of nitrogens with zero attached hydrogens (tertiary/aromatic N) is 1. The largest absolute Gasteiger partial charge is 0.450 e. The number of carbonyl (C=O) groups excluding carboxylic acids is 1. The maximum atomic E-state index is 11.2. The van der Waals surface area contributed by atoms with Gasteiger partial charge in [0.1, 0.15) is 0 Å². The maximum Gasteiger partial charge on any atom is 0.409 e. The molecule has 1 atom stereocenters. The van der Waals surface area contributed by atoms with Crippen LogP contribution in [0.25, 0.3) is 0 Å². The number of ether oxygens (including phenoxy) is 1. The van der Waals surface area contributed by atoms with Crippen LogP contribution in [0.2, 0.25) is 19.6 Å². The fourth-order valence-corrected chi connectivity index (χ4v) is 3.07. The quantitative estimate of drug-likeness (QED) is 0.486. The van der Waals surface area contributed by atoms with E-state index >= 15 is 0 Å². The lowest BCUT2D eigenvalue weighted by atomic mass is 10.9. The lowest BCUT2D eigenvalue weighted by Gasteiger charge is -2.14. The van der Waals surface area contributed by atoms with E-state index in [9.17, 15) is 4.79 Å². The highest BCUT2D eigenvalue weighted by Gasteiger charge is 2.47. The third-order valence-electron chi connectivity index (χ3n) is 2.11. The van der Waals surface area contributed by atoms with E-state index < -0.39 is 8.07 Å². The van der Waals surface area contributed by atoms with Gasteiger partial charge in [-0.05, 0) is 6.92 Å². The van der Waals surface area contributed by atoms with E-state index in [0.29, 0.717) is 12.3 Å². The monoisotopic (exact) mass is 187 g/mol. The second-order valence-electron chi connectivity index (χ2n) is 4.23. The van der Waals surface area contributed by atoms with Crippen LogP contribution in [0, 0.1) is 0 Å². The van der Waals surface area contributed by atoms with Crippen LogP contribution in [0.5, 0.6) is 0 Å². The minimum Gasteiger partial charge on any atom is -0.450 e. The molecule has 1 fully saturated rings. The van der Waals surface area contributed by atoms with Crippen LogP contribution in [-0.4, -0.2) is 37.9 Å². The number of amides is 1. The van der Waals surface area contributed by atoms with Gasteiger partial charge >= 0.3 is 6.09 Å². The highest BCUT2D eigenvalue weighted by molar-refractivity contribution is 6.78. The van der Waals surface area contributed by atoms with Crippen LogP contribution in [0.4, 0.5) is 4.79 Å². The van der Waals surface area contributed by atoms with E-state index in [4.69, 9.17) is 4.74 Å². The van der Waals surface area contributed by atoms with Gasteiger partial charge in [0.05, 0.1) is 14.7 Å². The average molecular weight is 187 g/mol. The normalized spacial score (nSPS) is 22.3. The van der Waals surface area contributed by atoms with Crippen LogP contribution in [-0.2, 0) is 4.74 Å². The summed E-state index contributed by atoms with van der Waals surface area (Å²) in [4.78, 5) is 13.0. The van der Waals surface area contributed by atoms with Gasteiger partial charge in [-0.15, -0.1) is 0 Å². The zero-order chi connectivity index (χ0) is 9.35. The number of hydrogen-bond acceptors (Lipinski definition) is 2. The molecule has 0 aliphatic carbocycles. The Morgan fingerprint density at radius 1 is 1.58 bits per heavy atom. The molecular weight excluding hydrogens is 170 g/mol. The van der Waals surface area contributed by atoms with Crippen molar-refractivity contribution in [1.82, 2.24) is 4.90 Å². The van der Waals surface area contributed by atoms with E-state index in [1.165, 1.54) is 0 Å². The Balaban J connectivity index is 2.37. The Kier molecular flexibility index (Phi) is 2.46. The molecule has 0 aromatic rings. The first-order valence-electron chi connectivity index (χ1n) is 4.40. The summed E-state index contributed by atoms with van der Waals surface area (Å²) in [7, 11) is -1.15. The van der Waals surface area contributed by atoms with Gasteiger partial charge in [-0.3, -0.25) is 0 Å². The summed E-state index contributed by atoms with van der Waals surface area (Å²) in [6.07, 6.45) is -0.134. The zero-order valence-electron chi connectivity index (χ0n) is 8.26. The average Bonchev–Trinajstić information content (AvgIpc) is 2.62. The van der Waals surface area contributed by atoms with E-state index in [2.05, 4.69) is 19.6 Å². The second kappa shape index (κ2) is 3.09. The zero-order valence-corrected chi connectivity index (χ0v) is 9.26. The molecule has 12 heavy (non-hydrogen) atoms. The van der Waals surface area contributed by atoms with Crippen molar-refractivity contribution < 1.29 is 9.53 Å². The molecule has 0 bridgehead atoms. The van der Waals surface area contributed by atoms with Gasteiger partial charge in [0.15, 0.2) is 0 Å². The van der Waals surface area contributed by atoms with Crippen LogP contribution in [0.3, 0.4) is 0 Å². The molecule has 1 rings (SSSR count). The van der Waals surface area contributed by atoms with Gasteiger partial charge in [0.25, 0.3) is 0 Å². The Hall–Kier alpha value is -0.513. The smallest absolute Gasteiger partial charge is 0.409 e. The molecule has 0 aromatic carbocycles. The first-order valence-corrected chi connectivity index (χ1v) is 7.98. The van der Waals surface area contributed by atoms with Crippen molar-refractivity contribution in [2.75, 3.05) is 13.2 Å². The van der Waals surface area contributed by atoms with E-state index in [1.54, 1.807) is 0 Å². The van der Waals surface area contributed by atoms with Crippen molar-refractivity contribution in [3.05, 3.63) is 0 Å². The number of carbonyl (C=O) groups is 1. The third-order valence-corrected chi connectivity index (χ3v) is 4.61. The highest BCUT2D eigenvalue weighted by Crippen LogP contribution is 2.27. The molecule has 1 aliphatic heterocycles. The molecule has 1 heterocycles. The van der Waals surface area contributed by atoms with Gasteiger partial charge in [-0.25, -0.2) is 4.79 Å². The van der Waals surface area contributed by atoms with Gasteiger partial charge in [0, 0.05) is 12.2 Å². The highest BCUT2D eigenvalue weighted by atomic mass is 28.3. The summed E-state index contributed by atoms with van der Waals surface area (Å²) in [5, 5.41) is 0. The summed E-state index contributed by atoms with van der Waals surface area (Å²) >= 11 is 0. The van der Waals surface area contributed by atoms with Crippen molar-refractivity contribution >= 4 is 14.2 Å². The van der Waals surface area contributed by atoms with E-state index in [-0.39, 0.29) is 6.09 Å². The standard InChI is InChI=1S/C8H17NO2Si/c1-5-11-8(10)9-6-7(9)12(2,3)4/h7H,5-6H2,1-4H3/t7-,9?/m0/s1. The Morgan fingerprint density at radius 3 is 2.50 bits per heavy atom.